The van der Waals surface area contributed by atoms with Gasteiger partial charge < -0.3 is 21.7 Å². The van der Waals surface area contributed by atoms with E-state index in [4.69, 9.17) is 11.5 Å². The number of nitrogens with zero attached hydrogens (tertiary/aromatic N) is 1. The monoisotopic (exact) mass is 293 g/mol. The van der Waals surface area contributed by atoms with Crippen molar-refractivity contribution in [3.05, 3.63) is 34.7 Å². The average Bonchev–Trinajstić information content (AvgIpc) is 2.76. The number of primary amides is 1. The highest BCUT2D eigenvalue weighted by atomic mass is 32.1. The van der Waals surface area contributed by atoms with E-state index in [1.807, 2.05) is 6.92 Å². The Hall–Kier alpha value is -1.96. The fourth-order valence-electron chi connectivity index (χ4n) is 1.86. The number of benzene rings is 1. The predicted octanol–water partition coefficient (Wildman–Crippen LogP) is 0.580. The molecule has 0 saturated carbocycles. The number of nitrogens with two attached hydrogens (primary N) is 2. The molecule has 6 N–H and O–H groups in total. The summed E-state index contributed by atoms with van der Waals surface area (Å²) in [5.41, 5.74) is 12.6. The van der Waals surface area contributed by atoms with Crippen LogP contribution in [-0.4, -0.2) is 27.2 Å². The minimum absolute atomic E-state index is 0.404. The molecule has 20 heavy (non-hydrogen) atoms. The molecule has 0 fully saturated rings. The first kappa shape index (κ1) is 14.4. The van der Waals surface area contributed by atoms with Gasteiger partial charge in [-0.3, -0.25) is 4.79 Å². The zero-order valence-electron chi connectivity index (χ0n) is 10.8. The number of hydrogen-bond acceptors (Lipinski definition) is 6. The van der Waals surface area contributed by atoms with Crippen LogP contribution >= 0.6 is 11.3 Å². The Balaban J connectivity index is 2.26. The van der Waals surface area contributed by atoms with Gasteiger partial charge in [-0.2, -0.15) is 0 Å². The molecule has 1 aromatic heterocycles. The van der Waals surface area contributed by atoms with Gasteiger partial charge in [-0.05, 0) is 12.5 Å². The molecule has 0 spiro atoms. The van der Waals surface area contributed by atoms with Gasteiger partial charge in [0.15, 0.2) is 11.2 Å². The number of anilines is 1. The van der Waals surface area contributed by atoms with Gasteiger partial charge in [-0.25, -0.2) is 4.98 Å². The summed E-state index contributed by atoms with van der Waals surface area (Å²) in [4.78, 5) is 16.1. The third-order valence-electron chi connectivity index (χ3n) is 2.93. The molecule has 0 saturated heterocycles. The first-order chi connectivity index (χ1) is 9.40. The SMILES string of the molecule is Cc1sc(N)nc1-c1ccc(C(O)C(O)C(N)=O)cc1. The van der Waals surface area contributed by atoms with Gasteiger partial charge in [-0.1, -0.05) is 24.3 Å². The van der Waals surface area contributed by atoms with Crippen LogP contribution in [-0.2, 0) is 4.79 Å². The second-order valence-corrected chi connectivity index (χ2v) is 5.61. The van der Waals surface area contributed by atoms with Gasteiger partial charge in [0.05, 0.1) is 5.69 Å². The molecule has 0 aliphatic heterocycles. The summed E-state index contributed by atoms with van der Waals surface area (Å²) in [5, 5.41) is 19.7. The van der Waals surface area contributed by atoms with Crippen LogP contribution in [0.2, 0.25) is 0 Å². The number of carbonyl (C=O) groups is 1. The Labute approximate surface area is 119 Å². The van der Waals surface area contributed by atoms with Gasteiger partial charge in [-0.15, -0.1) is 11.3 Å². The molecule has 6 nitrogen and oxygen atoms in total. The normalized spacial score (nSPS) is 13.9. The van der Waals surface area contributed by atoms with Crippen LogP contribution in [0.4, 0.5) is 5.13 Å². The summed E-state index contributed by atoms with van der Waals surface area (Å²) in [5.74, 6) is -0.968. The Morgan fingerprint density at radius 2 is 1.90 bits per heavy atom. The molecule has 2 atom stereocenters. The van der Waals surface area contributed by atoms with Crippen molar-refractivity contribution in [2.24, 2.45) is 5.73 Å². The lowest BCUT2D eigenvalue weighted by atomic mass is 10.0. The molecular weight excluding hydrogens is 278 g/mol. The van der Waals surface area contributed by atoms with Gasteiger partial charge in [0.1, 0.15) is 6.10 Å². The minimum Gasteiger partial charge on any atom is -0.385 e. The number of aliphatic hydroxyl groups is 2. The van der Waals surface area contributed by atoms with Crippen LogP contribution in [0.15, 0.2) is 24.3 Å². The number of carbonyl (C=O) groups excluding carboxylic acids is 1. The third kappa shape index (κ3) is 2.79. The maximum atomic E-state index is 10.8. The van der Waals surface area contributed by atoms with Crippen LogP contribution in [0.25, 0.3) is 11.3 Å². The summed E-state index contributed by atoms with van der Waals surface area (Å²) in [6.45, 7) is 1.92. The van der Waals surface area contributed by atoms with Gasteiger partial charge in [0.2, 0.25) is 5.91 Å². The van der Waals surface area contributed by atoms with Gasteiger partial charge in [0.25, 0.3) is 0 Å². The Morgan fingerprint density at radius 3 is 2.35 bits per heavy atom. The van der Waals surface area contributed by atoms with Crippen LogP contribution in [0.5, 0.6) is 0 Å². The highest BCUT2D eigenvalue weighted by Gasteiger charge is 2.23. The highest BCUT2D eigenvalue weighted by molar-refractivity contribution is 7.15. The minimum atomic E-state index is -1.63. The number of rotatable bonds is 4. The standard InChI is InChI=1S/C13H15N3O3S/c1-6-9(16-13(15)20-6)7-2-4-8(5-3-7)10(17)11(18)12(14)19/h2-5,10-11,17-18H,1H3,(H2,14,19)(H2,15,16). The summed E-state index contributed by atoms with van der Waals surface area (Å²) >= 11 is 1.40. The van der Waals surface area contributed by atoms with Crippen molar-refractivity contribution in [1.82, 2.24) is 4.98 Å². The highest BCUT2D eigenvalue weighted by Crippen LogP contribution is 2.29. The Morgan fingerprint density at radius 1 is 1.30 bits per heavy atom. The maximum absolute atomic E-state index is 10.8. The number of aryl methyl sites for hydroxylation is 1. The van der Waals surface area contributed by atoms with E-state index in [0.29, 0.717) is 10.7 Å². The van der Waals surface area contributed by atoms with Gasteiger partial charge >= 0.3 is 0 Å². The zero-order valence-corrected chi connectivity index (χ0v) is 11.6. The van der Waals surface area contributed by atoms with Crippen molar-refractivity contribution in [3.63, 3.8) is 0 Å². The third-order valence-corrected chi connectivity index (χ3v) is 3.73. The number of aliphatic hydroxyl groups excluding tert-OH is 2. The van der Waals surface area contributed by atoms with Crippen molar-refractivity contribution in [3.8, 4) is 11.3 Å². The quantitative estimate of drug-likeness (QED) is 0.656. The second-order valence-electron chi connectivity index (χ2n) is 4.37. The Kier molecular flexibility index (Phi) is 4.03. The second kappa shape index (κ2) is 5.58. The average molecular weight is 293 g/mol. The number of thiazole rings is 1. The van der Waals surface area contributed by atoms with E-state index < -0.39 is 18.1 Å². The molecule has 1 amide bonds. The van der Waals surface area contributed by atoms with Crippen molar-refractivity contribution in [1.29, 1.82) is 0 Å². The fourth-order valence-corrected chi connectivity index (χ4v) is 2.57. The molecule has 2 rings (SSSR count). The predicted molar refractivity (Wildman–Crippen MR) is 76.9 cm³/mol. The van der Waals surface area contributed by atoms with E-state index in [2.05, 4.69) is 4.98 Å². The number of hydrogen-bond donors (Lipinski definition) is 4. The van der Waals surface area contributed by atoms with Crippen LogP contribution < -0.4 is 11.5 Å². The summed E-state index contributed by atoms with van der Waals surface area (Å²) in [7, 11) is 0. The Bertz CT molecular complexity index is 624. The fraction of sp³-hybridized carbons (Fsp3) is 0.231. The summed E-state index contributed by atoms with van der Waals surface area (Å²) < 4.78 is 0. The first-order valence-electron chi connectivity index (χ1n) is 5.89. The zero-order chi connectivity index (χ0) is 14.9. The van der Waals surface area contributed by atoms with Crippen LogP contribution in [0, 0.1) is 6.92 Å². The van der Waals surface area contributed by atoms with Gasteiger partial charge in [0, 0.05) is 10.4 Å². The topological polar surface area (TPSA) is 122 Å². The van der Waals surface area contributed by atoms with Crippen molar-refractivity contribution < 1.29 is 15.0 Å². The molecule has 0 aliphatic rings. The molecule has 2 unspecified atom stereocenters. The number of amides is 1. The molecule has 106 valence electrons. The maximum Gasteiger partial charge on any atom is 0.249 e. The lowest BCUT2D eigenvalue weighted by Crippen LogP contribution is -2.33. The summed E-state index contributed by atoms with van der Waals surface area (Å²) in [6, 6.07) is 6.71. The molecular formula is C13H15N3O3S. The van der Waals surface area contributed by atoms with Crippen LogP contribution in [0.3, 0.4) is 0 Å². The molecule has 1 heterocycles. The number of aromatic nitrogens is 1. The van der Waals surface area contributed by atoms with E-state index in [-0.39, 0.29) is 0 Å². The smallest absolute Gasteiger partial charge is 0.249 e. The first-order valence-corrected chi connectivity index (χ1v) is 6.70. The molecule has 1 aromatic carbocycles. The molecule has 0 bridgehead atoms. The van der Waals surface area contributed by atoms with Crippen LogP contribution in [0.1, 0.15) is 16.5 Å². The molecule has 7 heteroatoms. The lowest BCUT2D eigenvalue weighted by Gasteiger charge is -2.15. The number of nitrogen functional groups attached to an aromatic ring is 1. The van der Waals surface area contributed by atoms with E-state index >= 15 is 0 Å². The van der Waals surface area contributed by atoms with E-state index in [9.17, 15) is 15.0 Å². The van der Waals surface area contributed by atoms with Crippen molar-refractivity contribution in [2.75, 3.05) is 5.73 Å². The largest absolute Gasteiger partial charge is 0.385 e. The van der Waals surface area contributed by atoms with Crippen molar-refractivity contribution in [2.45, 2.75) is 19.1 Å². The molecule has 0 aliphatic carbocycles. The van der Waals surface area contributed by atoms with E-state index in [0.717, 1.165) is 16.1 Å². The molecule has 0 radical (unpaired) electrons. The molecule has 2 aromatic rings. The van der Waals surface area contributed by atoms with E-state index in [1.165, 1.54) is 11.3 Å². The summed E-state index contributed by atoms with van der Waals surface area (Å²) in [6.07, 6.45) is -2.97. The van der Waals surface area contributed by atoms with E-state index in [1.54, 1.807) is 24.3 Å². The lowest BCUT2D eigenvalue weighted by molar-refractivity contribution is -0.131. The van der Waals surface area contributed by atoms with Crippen molar-refractivity contribution >= 4 is 22.4 Å².